The van der Waals surface area contributed by atoms with Gasteiger partial charge in [-0.15, -0.1) is 0 Å². The van der Waals surface area contributed by atoms with Gasteiger partial charge in [0.05, 0.1) is 4.90 Å². The zero-order valence-electron chi connectivity index (χ0n) is 12.9. The first-order valence-electron chi connectivity index (χ1n) is 6.84. The molecule has 0 fully saturated rings. The van der Waals surface area contributed by atoms with Gasteiger partial charge < -0.3 is 10.1 Å². The van der Waals surface area contributed by atoms with Crippen LogP contribution >= 0.6 is 0 Å². The molecule has 0 aliphatic carbocycles. The molecule has 1 amide bonds. The molecule has 0 saturated heterocycles. The standard InChI is InChI=1S/C16H15F2NO4S/c1-10-3-8-13(24(2,21)22)9-14(10)19-15(20)11-4-6-12(7-5-11)23-16(17)18/h3-9,16H,1-2H3,(H,19,20). The second-order valence-corrected chi connectivity index (χ2v) is 7.12. The summed E-state index contributed by atoms with van der Waals surface area (Å²) in [6.45, 7) is -1.22. The quantitative estimate of drug-likeness (QED) is 0.894. The summed E-state index contributed by atoms with van der Waals surface area (Å²) in [6.07, 6.45) is 1.07. The van der Waals surface area contributed by atoms with E-state index in [1.165, 1.54) is 36.4 Å². The van der Waals surface area contributed by atoms with Crippen molar-refractivity contribution < 1.29 is 26.7 Å². The smallest absolute Gasteiger partial charge is 0.387 e. The topological polar surface area (TPSA) is 72.5 Å². The highest BCUT2D eigenvalue weighted by atomic mass is 32.2. The molecule has 24 heavy (non-hydrogen) atoms. The van der Waals surface area contributed by atoms with E-state index < -0.39 is 22.4 Å². The zero-order chi connectivity index (χ0) is 17.9. The van der Waals surface area contributed by atoms with Crippen LogP contribution in [-0.2, 0) is 9.84 Å². The molecule has 0 heterocycles. The Kier molecular flexibility index (Phi) is 5.18. The molecule has 2 aromatic rings. The molecule has 0 aromatic heterocycles. The lowest BCUT2D eigenvalue weighted by atomic mass is 10.1. The van der Waals surface area contributed by atoms with E-state index >= 15 is 0 Å². The summed E-state index contributed by atoms with van der Waals surface area (Å²) in [7, 11) is -3.40. The summed E-state index contributed by atoms with van der Waals surface area (Å²) >= 11 is 0. The number of carbonyl (C=O) groups is 1. The lowest BCUT2D eigenvalue weighted by Gasteiger charge is -2.11. The molecular weight excluding hydrogens is 340 g/mol. The Morgan fingerprint density at radius 1 is 1.12 bits per heavy atom. The van der Waals surface area contributed by atoms with Crippen molar-refractivity contribution in [3.05, 3.63) is 53.6 Å². The van der Waals surface area contributed by atoms with Crippen molar-refractivity contribution in [2.24, 2.45) is 0 Å². The number of anilines is 1. The van der Waals surface area contributed by atoms with Crippen molar-refractivity contribution in [2.45, 2.75) is 18.4 Å². The molecular formula is C16H15F2NO4S. The highest BCUT2D eigenvalue weighted by molar-refractivity contribution is 7.90. The van der Waals surface area contributed by atoms with Crippen LogP contribution in [0.4, 0.5) is 14.5 Å². The third-order valence-electron chi connectivity index (χ3n) is 3.23. The third-order valence-corrected chi connectivity index (χ3v) is 4.34. The number of rotatable bonds is 5. The van der Waals surface area contributed by atoms with Crippen LogP contribution in [0.25, 0.3) is 0 Å². The minimum atomic E-state index is -3.40. The summed E-state index contributed by atoms with van der Waals surface area (Å²) in [6, 6.07) is 9.59. The summed E-state index contributed by atoms with van der Waals surface area (Å²) in [5.74, 6) is -0.552. The molecule has 5 nitrogen and oxygen atoms in total. The Bertz CT molecular complexity index is 849. The minimum Gasteiger partial charge on any atom is -0.435 e. The maximum Gasteiger partial charge on any atom is 0.387 e. The minimum absolute atomic E-state index is 0.0585. The van der Waals surface area contributed by atoms with Crippen molar-refractivity contribution >= 4 is 21.4 Å². The Labute approximate surface area is 138 Å². The van der Waals surface area contributed by atoms with Crippen LogP contribution in [0.2, 0.25) is 0 Å². The van der Waals surface area contributed by atoms with Crippen LogP contribution in [0.1, 0.15) is 15.9 Å². The van der Waals surface area contributed by atoms with Gasteiger partial charge in [0.1, 0.15) is 5.75 Å². The third kappa shape index (κ3) is 4.51. The van der Waals surface area contributed by atoms with Crippen LogP contribution in [0.5, 0.6) is 5.75 Å². The second kappa shape index (κ2) is 6.96. The van der Waals surface area contributed by atoms with E-state index in [0.29, 0.717) is 11.3 Å². The first-order chi connectivity index (χ1) is 11.2. The number of benzene rings is 2. The number of halogens is 2. The number of carbonyl (C=O) groups excluding carboxylic acids is 1. The van der Waals surface area contributed by atoms with Crippen LogP contribution < -0.4 is 10.1 Å². The van der Waals surface area contributed by atoms with Gasteiger partial charge in [0.2, 0.25) is 0 Å². The van der Waals surface area contributed by atoms with Gasteiger partial charge in [0.25, 0.3) is 5.91 Å². The fourth-order valence-electron chi connectivity index (χ4n) is 1.95. The Hall–Kier alpha value is -2.48. The number of hydrogen-bond acceptors (Lipinski definition) is 4. The van der Waals surface area contributed by atoms with Crippen LogP contribution in [0.3, 0.4) is 0 Å². The van der Waals surface area contributed by atoms with Crippen LogP contribution in [0.15, 0.2) is 47.4 Å². The van der Waals surface area contributed by atoms with Crippen molar-refractivity contribution in [2.75, 3.05) is 11.6 Å². The number of sulfone groups is 1. The van der Waals surface area contributed by atoms with Crippen molar-refractivity contribution in [3.63, 3.8) is 0 Å². The van der Waals surface area contributed by atoms with E-state index in [2.05, 4.69) is 10.1 Å². The molecule has 0 unspecified atom stereocenters. The average molecular weight is 355 g/mol. The van der Waals surface area contributed by atoms with E-state index in [1.807, 2.05) is 0 Å². The highest BCUT2D eigenvalue weighted by Gasteiger charge is 2.13. The molecule has 0 aliphatic rings. The maximum absolute atomic E-state index is 12.2. The summed E-state index contributed by atoms with van der Waals surface area (Å²) in [5.41, 5.74) is 1.27. The van der Waals surface area contributed by atoms with Gasteiger partial charge in [-0.25, -0.2) is 8.42 Å². The normalized spacial score (nSPS) is 11.4. The fourth-order valence-corrected chi connectivity index (χ4v) is 2.60. The van der Waals surface area contributed by atoms with E-state index in [0.717, 1.165) is 6.26 Å². The Morgan fingerprint density at radius 3 is 2.29 bits per heavy atom. The van der Waals surface area contributed by atoms with Gasteiger partial charge in [-0.1, -0.05) is 6.07 Å². The molecule has 1 N–H and O–H groups in total. The Morgan fingerprint density at radius 2 is 1.75 bits per heavy atom. The molecule has 0 atom stereocenters. The second-order valence-electron chi connectivity index (χ2n) is 5.11. The van der Waals surface area contributed by atoms with E-state index in [4.69, 9.17) is 0 Å². The monoisotopic (exact) mass is 355 g/mol. The fraction of sp³-hybridized carbons (Fsp3) is 0.188. The summed E-state index contributed by atoms with van der Waals surface area (Å²) < 4.78 is 51.6. The number of amides is 1. The SMILES string of the molecule is Cc1ccc(S(C)(=O)=O)cc1NC(=O)c1ccc(OC(F)F)cc1. The van der Waals surface area contributed by atoms with Crippen molar-refractivity contribution in [1.82, 2.24) is 0 Å². The van der Waals surface area contributed by atoms with Gasteiger partial charge in [-0.2, -0.15) is 8.78 Å². The van der Waals surface area contributed by atoms with Gasteiger partial charge in [-0.05, 0) is 48.9 Å². The average Bonchev–Trinajstić information content (AvgIpc) is 2.48. The first-order valence-corrected chi connectivity index (χ1v) is 8.73. The summed E-state index contributed by atoms with van der Waals surface area (Å²) in [5, 5.41) is 2.61. The molecule has 0 aliphatic heterocycles. The molecule has 2 rings (SSSR count). The van der Waals surface area contributed by atoms with E-state index in [9.17, 15) is 22.0 Å². The lowest BCUT2D eigenvalue weighted by molar-refractivity contribution is -0.0498. The lowest BCUT2D eigenvalue weighted by Crippen LogP contribution is -2.13. The van der Waals surface area contributed by atoms with Gasteiger partial charge in [0, 0.05) is 17.5 Å². The van der Waals surface area contributed by atoms with Crippen LogP contribution in [-0.4, -0.2) is 27.2 Å². The van der Waals surface area contributed by atoms with Crippen LogP contribution in [0, 0.1) is 6.92 Å². The number of aryl methyl sites for hydroxylation is 1. The molecule has 0 saturated carbocycles. The molecule has 128 valence electrons. The van der Waals surface area contributed by atoms with Crippen molar-refractivity contribution in [3.8, 4) is 5.75 Å². The highest BCUT2D eigenvalue weighted by Crippen LogP contribution is 2.21. The van der Waals surface area contributed by atoms with E-state index in [1.54, 1.807) is 13.0 Å². The van der Waals surface area contributed by atoms with Gasteiger partial charge in [0.15, 0.2) is 9.84 Å². The first kappa shape index (κ1) is 17.9. The maximum atomic E-state index is 12.2. The molecule has 2 aromatic carbocycles. The zero-order valence-corrected chi connectivity index (χ0v) is 13.7. The number of alkyl halides is 2. The van der Waals surface area contributed by atoms with Gasteiger partial charge >= 0.3 is 6.61 Å². The van der Waals surface area contributed by atoms with Crippen molar-refractivity contribution in [1.29, 1.82) is 0 Å². The number of hydrogen-bond donors (Lipinski definition) is 1. The molecule has 0 radical (unpaired) electrons. The Balaban J connectivity index is 2.20. The summed E-state index contributed by atoms with van der Waals surface area (Å²) in [4.78, 5) is 12.3. The number of nitrogens with one attached hydrogen (secondary N) is 1. The number of ether oxygens (including phenoxy) is 1. The molecule has 0 spiro atoms. The van der Waals surface area contributed by atoms with Gasteiger partial charge in [-0.3, -0.25) is 4.79 Å². The molecule has 8 heteroatoms. The molecule has 0 bridgehead atoms. The van der Waals surface area contributed by atoms with E-state index in [-0.39, 0.29) is 16.2 Å². The largest absolute Gasteiger partial charge is 0.435 e. The predicted molar refractivity (Wildman–Crippen MR) is 85.3 cm³/mol. The predicted octanol–water partition coefficient (Wildman–Crippen LogP) is 3.25.